The lowest BCUT2D eigenvalue weighted by Crippen LogP contribution is -2.28. The van der Waals surface area contributed by atoms with Crippen LogP contribution >= 0.6 is 0 Å². The summed E-state index contributed by atoms with van der Waals surface area (Å²) in [7, 11) is 0. The van der Waals surface area contributed by atoms with Gasteiger partial charge in [0.05, 0.1) is 11.4 Å². The van der Waals surface area contributed by atoms with Gasteiger partial charge in [0, 0.05) is 58.6 Å². The zero-order valence-electron chi connectivity index (χ0n) is 53.2. The van der Waals surface area contributed by atoms with Gasteiger partial charge in [-0.25, -0.2) is 0 Å². The van der Waals surface area contributed by atoms with Crippen molar-refractivity contribution in [3.8, 4) is 0 Å². The molecule has 4 aromatic rings. The molecule has 0 bridgehead atoms. The van der Waals surface area contributed by atoms with Crippen molar-refractivity contribution in [2.75, 3.05) is 11.4 Å². The molecule has 2 atom stereocenters. The van der Waals surface area contributed by atoms with Crippen LogP contribution in [-0.2, 0) is 6.42 Å². The third-order valence-corrected chi connectivity index (χ3v) is 17.9. The highest BCUT2D eigenvalue weighted by molar-refractivity contribution is 6.17. The minimum atomic E-state index is -0.659. The molecule has 2 saturated carbocycles. The Morgan fingerprint density at radius 3 is 2.10 bits per heavy atom. The molecule has 1 heterocycles. The topological polar surface area (TPSA) is 68.9 Å². The number of aliphatic hydroxyl groups is 2. The van der Waals surface area contributed by atoms with Crippen molar-refractivity contribution in [2.24, 2.45) is 22.7 Å². The zero-order chi connectivity index (χ0) is 60.6. The second-order valence-electron chi connectivity index (χ2n) is 25.9. The summed E-state index contributed by atoms with van der Waals surface area (Å²) in [6.45, 7) is 39.0. The molecule has 84 heavy (non-hydrogen) atoms. The van der Waals surface area contributed by atoms with Crippen molar-refractivity contribution in [2.45, 2.75) is 184 Å². The van der Waals surface area contributed by atoms with E-state index in [-0.39, 0.29) is 10.8 Å². The second kappa shape index (κ2) is 30.4. The van der Waals surface area contributed by atoms with Crippen molar-refractivity contribution >= 4 is 38.7 Å². The van der Waals surface area contributed by atoms with Crippen LogP contribution in [-0.4, -0.2) is 23.0 Å². The molecule has 2 unspecified atom stereocenters. The molecule has 1 aromatic heterocycles. The third-order valence-electron chi connectivity index (χ3n) is 17.9. The van der Waals surface area contributed by atoms with E-state index in [9.17, 15) is 10.2 Å². The van der Waals surface area contributed by atoms with Crippen LogP contribution in [0.5, 0.6) is 0 Å². The molecule has 2 fully saturated rings. The van der Waals surface area contributed by atoms with Gasteiger partial charge in [0.15, 0.2) is 0 Å². The Bertz CT molecular complexity index is 3280. The molecule has 0 spiro atoms. The maximum absolute atomic E-state index is 11.1. The number of hydrogen-bond donors (Lipinski definition) is 3. The molecule has 0 aliphatic heterocycles. The number of rotatable bonds is 22. The van der Waals surface area contributed by atoms with E-state index in [0.717, 1.165) is 88.2 Å². The SMILES string of the molecule is C=C(/C=C\C=C(/C)C(C)(C)C)C(=C)/C=C\CC(O)NC/C=C(\CCC1Cc2oc3cc(N(C(=C)/C=C\C=C(/C)C(=C)/C=C\C=C(/O)C(C)(C)C)c4ccc(C5CCCCC5)cc4)c4ccccc4c3c2C2=C1C=CCC2)C1CCCCC1.CC. The van der Waals surface area contributed by atoms with E-state index in [1.807, 2.05) is 71.1 Å². The number of allylic oxidation sites excluding steroid dienone is 21. The highest BCUT2D eigenvalue weighted by Gasteiger charge is 2.34. The number of benzene rings is 3. The highest BCUT2D eigenvalue weighted by atomic mass is 16.3. The lowest BCUT2D eigenvalue weighted by Gasteiger charge is -2.31. The number of nitrogens with zero attached hydrogens (tertiary/aromatic N) is 1. The standard InChI is InChI=1S/C77H96N2O3.C2H6/c1-53(27-23-31-57(5)76(7,8)9)56(4)30-26-42-73(81)78-50-49-62(60-35-17-14-18-36-60)43-44-63-51-70-74(67-39-21-19-37-65(63)67)75-68-40-22-20-38-66(68)69(52-71(75)82-70)79(64-47-45-61(46-48-64)59-33-15-13-16-34-59)58(6)32-24-28-54(2)55(3)29-25-41-72(80)77(10,11)12;1-2/h19-20,22-32,37-38,40-41,45-49,52,59-60,63,73,78,80-81H,1,3-4,6,13-18,21,33-36,39,42-44,50-51H2,2,5,7-12H3;1-2H3/b27-23-,29-25-,30-26-,32-24-,54-28+,57-31+,62-49+,72-41-;. The maximum atomic E-state index is 11.1. The van der Waals surface area contributed by atoms with Gasteiger partial charge in [-0.3, -0.25) is 5.32 Å². The lowest BCUT2D eigenvalue weighted by atomic mass is 9.73. The van der Waals surface area contributed by atoms with Gasteiger partial charge in [-0.1, -0.05) is 241 Å². The summed E-state index contributed by atoms with van der Waals surface area (Å²) in [6.07, 6.45) is 46.8. The number of furan rings is 1. The van der Waals surface area contributed by atoms with Gasteiger partial charge < -0.3 is 19.5 Å². The largest absolute Gasteiger partial charge is 0.512 e. The molecule has 4 aliphatic rings. The fraction of sp³-hybridized carbons (Fsp3) is 0.418. The number of anilines is 2. The first-order valence-electron chi connectivity index (χ1n) is 31.9. The zero-order valence-corrected chi connectivity index (χ0v) is 53.2. The average Bonchev–Trinajstić information content (AvgIpc) is 1.66. The van der Waals surface area contributed by atoms with Crippen LogP contribution in [0.25, 0.3) is 27.3 Å². The summed E-state index contributed by atoms with van der Waals surface area (Å²) >= 11 is 0. The summed E-state index contributed by atoms with van der Waals surface area (Å²) in [6, 6.07) is 20.4. The normalized spacial score (nSPS) is 18.5. The van der Waals surface area contributed by atoms with E-state index in [1.54, 1.807) is 6.08 Å². The Kier molecular flexibility index (Phi) is 23.5. The summed E-state index contributed by atoms with van der Waals surface area (Å²) in [4.78, 5) is 2.31. The number of nitrogens with one attached hydrogen (secondary N) is 1. The highest BCUT2D eigenvalue weighted by Crippen LogP contribution is 2.51. The fourth-order valence-corrected chi connectivity index (χ4v) is 12.3. The third kappa shape index (κ3) is 17.0. The molecule has 3 N–H and O–H groups in total. The summed E-state index contributed by atoms with van der Waals surface area (Å²) < 4.78 is 7.25. The van der Waals surface area contributed by atoms with Crippen molar-refractivity contribution in [1.82, 2.24) is 5.32 Å². The average molecular weight is 1130 g/mol. The van der Waals surface area contributed by atoms with Gasteiger partial charge in [0.25, 0.3) is 0 Å². The maximum Gasteiger partial charge on any atom is 0.137 e. The van der Waals surface area contributed by atoms with Gasteiger partial charge in [-0.2, -0.15) is 0 Å². The van der Waals surface area contributed by atoms with E-state index in [0.29, 0.717) is 36.5 Å². The summed E-state index contributed by atoms with van der Waals surface area (Å²) in [5.41, 5.74) is 15.8. The lowest BCUT2D eigenvalue weighted by molar-refractivity contribution is 0.145. The van der Waals surface area contributed by atoms with Gasteiger partial charge in [0.2, 0.25) is 0 Å². The van der Waals surface area contributed by atoms with E-state index in [4.69, 9.17) is 11.0 Å². The molecular formula is C79H102N2O3. The van der Waals surface area contributed by atoms with Crippen molar-refractivity contribution in [1.29, 1.82) is 0 Å². The van der Waals surface area contributed by atoms with Crippen molar-refractivity contribution in [3.05, 3.63) is 233 Å². The molecule has 446 valence electrons. The minimum absolute atomic E-state index is 0.128. The van der Waals surface area contributed by atoms with Crippen LogP contribution in [0.3, 0.4) is 0 Å². The van der Waals surface area contributed by atoms with Gasteiger partial charge in [0.1, 0.15) is 17.6 Å². The Morgan fingerprint density at radius 1 is 0.762 bits per heavy atom. The van der Waals surface area contributed by atoms with Crippen LogP contribution in [0, 0.1) is 22.7 Å². The number of aliphatic hydroxyl groups excluding tert-OH is 2. The molecule has 0 saturated heterocycles. The molecule has 4 aliphatic carbocycles. The predicted octanol–water partition coefficient (Wildman–Crippen LogP) is 22.5. The van der Waals surface area contributed by atoms with E-state index < -0.39 is 6.23 Å². The van der Waals surface area contributed by atoms with Crippen LogP contribution < -0.4 is 10.2 Å². The van der Waals surface area contributed by atoms with Crippen LogP contribution in [0.1, 0.15) is 188 Å². The van der Waals surface area contributed by atoms with Crippen molar-refractivity contribution in [3.63, 3.8) is 0 Å². The number of fused-ring (bicyclic) bond motifs is 6. The van der Waals surface area contributed by atoms with Gasteiger partial charge in [-0.15, -0.1) is 0 Å². The molecular weight excluding hydrogens is 1020 g/mol. The monoisotopic (exact) mass is 1130 g/mol. The Labute approximate surface area is 507 Å². The Morgan fingerprint density at radius 2 is 1.40 bits per heavy atom. The van der Waals surface area contributed by atoms with Gasteiger partial charge >= 0.3 is 0 Å². The fourth-order valence-electron chi connectivity index (χ4n) is 12.3. The molecule has 0 amide bonds. The van der Waals surface area contributed by atoms with E-state index in [1.165, 1.54) is 108 Å². The smallest absolute Gasteiger partial charge is 0.137 e. The van der Waals surface area contributed by atoms with Gasteiger partial charge in [-0.05, 0) is 157 Å². The molecule has 5 nitrogen and oxygen atoms in total. The first-order chi connectivity index (χ1) is 40.3. The second-order valence-corrected chi connectivity index (χ2v) is 25.9. The predicted molar refractivity (Wildman–Crippen MR) is 365 cm³/mol. The van der Waals surface area contributed by atoms with E-state index in [2.05, 4.69) is 162 Å². The molecule has 8 rings (SSSR count). The minimum Gasteiger partial charge on any atom is -0.512 e. The molecule has 0 radical (unpaired) electrons. The van der Waals surface area contributed by atoms with Crippen LogP contribution in [0.2, 0.25) is 0 Å². The number of hydrogen-bond acceptors (Lipinski definition) is 5. The molecule has 5 heteroatoms. The van der Waals surface area contributed by atoms with E-state index >= 15 is 0 Å². The quantitative estimate of drug-likeness (QED) is 0.0317. The first kappa shape index (κ1) is 64.9. The summed E-state index contributed by atoms with van der Waals surface area (Å²) in [5.74, 6) is 2.97. The Hall–Kier alpha value is -6.66. The molecule has 3 aromatic carbocycles. The van der Waals surface area contributed by atoms with Crippen molar-refractivity contribution < 1.29 is 14.6 Å². The van der Waals surface area contributed by atoms with Crippen LogP contribution in [0.15, 0.2) is 221 Å². The Balaban J connectivity index is 0.00000501. The van der Waals surface area contributed by atoms with Crippen LogP contribution in [0.4, 0.5) is 11.4 Å². The summed E-state index contributed by atoms with van der Waals surface area (Å²) in [5, 5.41) is 28.5. The first-order valence-corrected chi connectivity index (χ1v) is 31.9.